The molecule has 2 N–H and O–H groups in total. The van der Waals surface area contributed by atoms with Crippen LogP contribution >= 0.6 is 0 Å². The standard InChI is InChI=1S/C19H16N6O/c1-13-9-17(18(26)22-12-15-3-2-8-21-11-15)25-19(23-13)24-16-6-4-14(10-20)5-7-16/h2-9,11H,12H2,1H3,(H,22,26)(H,23,24,25). The Bertz CT molecular complexity index is 948. The normalized spacial score (nSPS) is 10.0. The molecule has 0 fully saturated rings. The molecule has 0 saturated carbocycles. The van der Waals surface area contributed by atoms with Crippen LogP contribution in [0, 0.1) is 18.3 Å². The molecule has 1 aromatic carbocycles. The number of carbonyl (C=O) groups excluding carboxylic acids is 1. The van der Waals surface area contributed by atoms with Gasteiger partial charge >= 0.3 is 0 Å². The molecule has 3 aromatic rings. The number of carbonyl (C=O) groups is 1. The maximum Gasteiger partial charge on any atom is 0.270 e. The number of nitriles is 1. The molecule has 7 nitrogen and oxygen atoms in total. The Kier molecular flexibility index (Phi) is 5.15. The van der Waals surface area contributed by atoms with Crippen LogP contribution in [0.25, 0.3) is 0 Å². The number of benzene rings is 1. The Morgan fingerprint density at radius 1 is 1.19 bits per heavy atom. The summed E-state index contributed by atoms with van der Waals surface area (Å²) in [6.07, 6.45) is 3.38. The molecule has 0 aliphatic heterocycles. The average molecular weight is 344 g/mol. The molecular weight excluding hydrogens is 328 g/mol. The van der Waals surface area contributed by atoms with E-state index < -0.39 is 0 Å². The van der Waals surface area contributed by atoms with Crippen LogP contribution in [-0.4, -0.2) is 20.9 Å². The largest absolute Gasteiger partial charge is 0.347 e. The SMILES string of the molecule is Cc1cc(C(=O)NCc2cccnc2)nc(Nc2ccc(C#N)cc2)n1. The van der Waals surface area contributed by atoms with E-state index in [4.69, 9.17) is 5.26 Å². The fourth-order valence-electron chi connectivity index (χ4n) is 2.27. The summed E-state index contributed by atoms with van der Waals surface area (Å²) in [5.41, 5.74) is 3.15. The van der Waals surface area contributed by atoms with E-state index in [0.717, 1.165) is 11.3 Å². The van der Waals surface area contributed by atoms with Crippen LogP contribution < -0.4 is 10.6 Å². The lowest BCUT2D eigenvalue weighted by Gasteiger charge is -2.09. The summed E-state index contributed by atoms with van der Waals surface area (Å²) in [7, 11) is 0. The topological polar surface area (TPSA) is 104 Å². The number of amides is 1. The molecule has 128 valence electrons. The predicted octanol–water partition coefficient (Wildman–Crippen LogP) is 2.73. The van der Waals surface area contributed by atoms with Gasteiger partial charge in [0.25, 0.3) is 5.91 Å². The quantitative estimate of drug-likeness (QED) is 0.737. The summed E-state index contributed by atoms with van der Waals surface area (Å²) in [5, 5.41) is 14.7. The highest BCUT2D eigenvalue weighted by Gasteiger charge is 2.11. The van der Waals surface area contributed by atoms with Gasteiger partial charge in [-0.1, -0.05) is 6.07 Å². The monoisotopic (exact) mass is 344 g/mol. The summed E-state index contributed by atoms with van der Waals surface area (Å²) < 4.78 is 0. The summed E-state index contributed by atoms with van der Waals surface area (Å²) in [5.74, 6) is 0.0310. The van der Waals surface area contributed by atoms with Gasteiger partial charge in [0.15, 0.2) is 0 Å². The zero-order chi connectivity index (χ0) is 18.4. The van der Waals surface area contributed by atoms with Gasteiger partial charge in [-0.3, -0.25) is 9.78 Å². The predicted molar refractivity (Wildman–Crippen MR) is 96.6 cm³/mol. The van der Waals surface area contributed by atoms with Crippen molar-refractivity contribution in [3.63, 3.8) is 0 Å². The fraction of sp³-hybridized carbons (Fsp3) is 0.105. The molecule has 0 spiro atoms. The van der Waals surface area contributed by atoms with Crippen molar-refractivity contribution in [2.45, 2.75) is 13.5 Å². The van der Waals surface area contributed by atoms with E-state index in [-0.39, 0.29) is 11.6 Å². The minimum atomic E-state index is -0.290. The van der Waals surface area contributed by atoms with E-state index in [1.165, 1.54) is 0 Å². The van der Waals surface area contributed by atoms with Gasteiger partial charge in [-0.25, -0.2) is 9.97 Å². The molecule has 0 unspecified atom stereocenters. The van der Waals surface area contributed by atoms with Crippen LogP contribution in [0.1, 0.15) is 27.3 Å². The van der Waals surface area contributed by atoms with Crippen molar-refractivity contribution < 1.29 is 4.79 Å². The van der Waals surface area contributed by atoms with Crippen molar-refractivity contribution >= 4 is 17.5 Å². The molecule has 0 bridgehead atoms. The van der Waals surface area contributed by atoms with Crippen molar-refractivity contribution in [2.24, 2.45) is 0 Å². The van der Waals surface area contributed by atoms with Crippen LogP contribution in [-0.2, 0) is 6.54 Å². The minimum Gasteiger partial charge on any atom is -0.347 e. The van der Waals surface area contributed by atoms with Gasteiger partial charge in [0.2, 0.25) is 5.95 Å². The lowest BCUT2D eigenvalue weighted by atomic mass is 10.2. The number of rotatable bonds is 5. The van der Waals surface area contributed by atoms with E-state index >= 15 is 0 Å². The summed E-state index contributed by atoms with van der Waals surface area (Å²) >= 11 is 0. The van der Waals surface area contributed by atoms with E-state index in [2.05, 4.69) is 31.7 Å². The van der Waals surface area contributed by atoms with E-state index in [1.807, 2.05) is 12.1 Å². The third-order valence-electron chi connectivity index (χ3n) is 3.53. The second kappa shape index (κ2) is 7.85. The number of anilines is 2. The Morgan fingerprint density at radius 2 is 2.00 bits per heavy atom. The summed E-state index contributed by atoms with van der Waals surface area (Å²) in [6.45, 7) is 2.16. The number of hydrogen-bond donors (Lipinski definition) is 2. The molecule has 1 amide bonds. The van der Waals surface area contributed by atoms with Gasteiger partial charge in [0.05, 0.1) is 11.6 Å². The Balaban J connectivity index is 1.72. The van der Waals surface area contributed by atoms with Gasteiger partial charge in [-0.05, 0) is 48.9 Å². The lowest BCUT2D eigenvalue weighted by molar-refractivity contribution is 0.0945. The van der Waals surface area contributed by atoms with Crippen molar-refractivity contribution in [1.29, 1.82) is 5.26 Å². The molecule has 0 radical (unpaired) electrons. The molecular formula is C19H16N6O. The van der Waals surface area contributed by atoms with E-state index in [0.29, 0.717) is 23.8 Å². The minimum absolute atomic E-state index is 0.275. The van der Waals surface area contributed by atoms with Gasteiger partial charge < -0.3 is 10.6 Å². The Labute approximate surface area is 150 Å². The average Bonchev–Trinajstić information content (AvgIpc) is 2.67. The van der Waals surface area contributed by atoms with Crippen LogP contribution in [0.15, 0.2) is 54.9 Å². The molecule has 2 heterocycles. The first-order chi connectivity index (χ1) is 12.6. The maximum atomic E-state index is 12.4. The number of pyridine rings is 1. The highest BCUT2D eigenvalue weighted by Crippen LogP contribution is 2.15. The highest BCUT2D eigenvalue weighted by atomic mass is 16.1. The van der Waals surface area contributed by atoms with Gasteiger partial charge in [0.1, 0.15) is 5.69 Å². The maximum absolute atomic E-state index is 12.4. The van der Waals surface area contributed by atoms with E-state index in [9.17, 15) is 4.79 Å². The Morgan fingerprint density at radius 3 is 2.69 bits per heavy atom. The number of aromatic nitrogens is 3. The number of aryl methyl sites for hydroxylation is 1. The first kappa shape index (κ1) is 17.0. The molecule has 0 saturated heterocycles. The molecule has 7 heteroatoms. The summed E-state index contributed by atoms with van der Waals surface area (Å²) in [4.78, 5) is 25.0. The molecule has 26 heavy (non-hydrogen) atoms. The third-order valence-corrected chi connectivity index (χ3v) is 3.53. The highest BCUT2D eigenvalue weighted by molar-refractivity contribution is 5.92. The number of nitrogens with zero attached hydrogens (tertiary/aromatic N) is 4. The van der Waals surface area contributed by atoms with Gasteiger partial charge in [-0.15, -0.1) is 0 Å². The van der Waals surface area contributed by atoms with Gasteiger partial charge in [0, 0.05) is 30.3 Å². The van der Waals surface area contributed by atoms with Crippen molar-refractivity contribution in [3.8, 4) is 6.07 Å². The second-order valence-corrected chi connectivity index (χ2v) is 5.58. The first-order valence-electron chi connectivity index (χ1n) is 7.94. The lowest BCUT2D eigenvalue weighted by Crippen LogP contribution is -2.24. The van der Waals surface area contributed by atoms with Gasteiger partial charge in [-0.2, -0.15) is 5.26 Å². The third kappa shape index (κ3) is 4.39. The molecule has 0 atom stereocenters. The fourth-order valence-corrected chi connectivity index (χ4v) is 2.27. The van der Waals surface area contributed by atoms with Crippen LogP contribution in [0.2, 0.25) is 0 Å². The molecule has 0 aliphatic carbocycles. The first-order valence-corrected chi connectivity index (χ1v) is 7.94. The second-order valence-electron chi connectivity index (χ2n) is 5.58. The zero-order valence-corrected chi connectivity index (χ0v) is 14.1. The molecule has 0 aliphatic rings. The Hall–Kier alpha value is -3.79. The van der Waals surface area contributed by atoms with Crippen molar-refractivity contribution in [3.05, 3.63) is 77.4 Å². The van der Waals surface area contributed by atoms with Crippen LogP contribution in [0.4, 0.5) is 11.6 Å². The van der Waals surface area contributed by atoms with Crippen LogP contribution in [0.3, 0.4) is 0 Å². The van der Waals surface area contributed by atoms with Crippen molar-refractivity contribution in [1.82, 2.24) is 20.3 Å². The smallest absolute Gasteiger partial charge is 0.270 e. The van der Waals surface area contributed by atoms with Crippen LogP contribution in [0.5, 0.6) is 0 Å². The van der Waals surface area contributed by atoms with Crippen molar-refractivity contribution in [2.75, 3.05) is 5.32 Å². The number of nitrogens with one attached hydrogen (secondary N) is 2. The number of hydrogen-bond acceptors (Lipinski definition) is 6. The molecule has 3 rings (SSSR count). The zero-order valence-electron chi connectivity index (χ0n) is 14.1. The molecule has 2 aromatic heterocycles. The summed E-state index contributed by atoms with van der Waals surface area (Å²) in [6, 6.07) is 14.3. The van der Waals surface area contributed by atoms with E-state index in [1.54, 1.807) is 49.6 Å².